The van der Waals surface area contributed by atoms with Crippen LogP contribution in [0.5, 0.6) is 11.5 Å². The Morgan fingerprint density at radius 1 is 0.968 bits per heavy atom. The number of fused-ring (bicyclic) bond motifs is 2. The summed E-state index contributed by atoms with van der Waals surface area (Å²) < 4.78 is 16.5. The first-order valence-corrected chi connectivity index (χ1v) is 10.7. The molecule has 0 saturated heterocycles. The lowest BCUT2D eigenvalue weighted by atomic mass is 10.0. The quantitative estimate of drug-likeness (QED) is 0.563. The molecule has 1 aliphatic heterocycles. The standard InChI is InChI=1S/C24H24N2O5/c27-21(12-9-15-5-1-2-6-15)26-22-17-7-3-4-8-18(17)31-23(22)24(28)25-16-10-11-19-20(13-16)30-14-29-19/h3-4,7-8,10-11,13,15H,1-2,5-6,9,12,14H2,(H,25,28)(H,26,27). The molecular formula is C24H24N2O5. The minimum absolute atomic E-state index is 0.0769. The first-order chi connectivity index (χ1) is 15.2. The van der Waals surface area contributed by atoms with E-state index in [9.17, 15) is 9.59 Å². The van der Waals surface area contributed by atoms with Gasteiger partial charge in [-0.2, -0.15) is 0 Å². The van der Waals surface area contributed by atoms with E-state index < -0.39 is 5.91 Å². The zero-order valence-electron chi connectivity index (χ0n) is 17.1. The second-order valence-corrected chi connectivity index (χ2v) is 8.06. The predicted molar refractivity (Wildman–Crippen MR) is 117 cm³/mol. The zero-order valence-corrected chi connectivity index (χ0v) is 17.1. The molecule has 0 atom stereocenters. The second-order valence-electron chi connectivity index (χ2n) is 8.06. The van der Waals surface area contributed by atoms with Crippen LogP contribution in [-0.4, -0.2) is 18.6 Å². The van der Waals surface area contributed by atoms with Crippen LogP contribution in [0.15, 0.2) is 46.9 Å². The van der Waals surface area contributed by atoms with Gasteiger partial charge in [-0.25, -0.2) is 0 Å². The van der Waals surface area contributed by atoms with Gasteiger partial charge in [0.25, 0.3) is 5.91 Å². The SMILES string of the molecule is O=C(CCC1CCCC1)Nc1c(C(=O)Nc2ccc3c(c2)OCO3)oc2ccccc12. The highest BCUT2D eigenvalue weighted by Crippen LogP contribution is 2.36. The van der Waals surface area contributed by atoms with Gasteiger partial charge in [-0.1, -0.05) is 37.8 Å². The van der Waals surface area contributed by atoms with Gasteiger partial charge in [0.05, 0.1) is 0 Å². The topological polar surface area (TPSA) is 89.8 Å². The largest absolute Gasteiger partial charge is 0.454 e. The molecule has 2 amide bonds. The van der Waals surface area contributed by atoms with Crippen molar-refractivity contribution in [2.45, 2.75) is 38.5 Å². The maximum Gasteiger partial charge on any atom is 0.293 e. The van der Waals surface area contributed by atoms with E-state index in [0.29, 0.717) is 46.2 Å². The summed E-state index contributed by atoms with van der Waals surface area (Å²) in [4.78, 5) is 25.7. The minimum Gasteiger partial charge on any atom is -0.454 e. The highest BCUT2D eigenvalue weighted by Gasteiger charge is 2.24. The van der Waals surface area contributed by atoms with Crippen molar-refractivity contribution in [3.8, 4) is 11.5 Å². The van der Waals surface area contributed by atoms with Gasteiger partial charge in [-0.05, 0) is 36.6 Å². The third-order valence-corrected chi connectivity index (χ3v) is 5.95. The molecule has 1 saturated carbocycles. The average molecular weight is 420 g/mol. The molecule has 160 valence electrons. The molecule has 7 nitrogen and oxygen atoms in total. The molecule has 1 fully saturated rings. The summed E-state index contributed by atoms with van der Waals surface area (Å²) in [5.41, 5.74) is 1.50. The maximum atomic E-state index is 13.0. The Balaban J connectivity index is 1.36. The Morgan fingerprint density at radius 2 is 1.77 bits per heavy atom. The van der Waals surface area contributed by atoms with Crippen LogP contribution in [0.3, 0.4) is 0 Å². The molecule has 2 heterocycles. The average Bonchev–Trinajstić information content (AvgIpc) is 3.52. The first kappa shape index (κ1) is 19.5. The van der Waals surface area contributed by atoms with E-state index in [1.165, 1.54) is 25.7 Å². The number of carbonyl (C=O) groups excluding carboxylic acids is 2. The van der Waals surface area contributed by atoms with E-state index in [4.69, 9.17) is 13.9 Å². The number of hydrogen-bond acceptors (Lipinski definition) is 5. The van der Waals surface area contributed by atoms with Crippen molar-refractivity contribution in [3.05, 3.63) is 48.2 Å². The fourth-order valence-corrected chi connectivity index (χ4v) is 4.33. The number of furan rings is 1. The van der Waals surface area contributed by atoms with Gasteiger partial charge < -0.3 is 24.5 Å². The van der Waals surface area contributed by atoms with Crippen molar-refractivity contribution in [2.75, 3.05) is 17.4 Å². The van der Waals surface area contributed by atoms with Crippen LogP contribution in [-0.2, 0) is 4.79 Å². The molecule has 7 heteroatoms. The number of benzene rings is 2. The summed E-state index contributed by atoms with van der Waals surface area (Å²) in [5, 5.41) is 6.45. The highest BCUT2D eigenvalue weighted by atomic mass is 16.7. The Bertz CT molecular complexity index is 1130. The van der Waals surface area contributed by atoms with Crippen LogP contribution in [0.2, 0.25) is 0 Å². The lowest BCUT2D eigenvalue weighted by Gasteiger charge is -2.10. The summed E-state index contributed by atoms with van der Waals surface area (Å²) in [6.07, 6.45) is 6.22. The summed E-state index contributed by atoms with van der Waals surface area (Å²) in [6.45, 7) is 0.160. The summed E-state index contributed by atoms with van der Waals surface area (Å²) >= 11 is 0. The first-order valence-electron chi connectivity index (χ1n) is 10.7. The molecule has 31 heavy (non-hydrogen) atoms. The van der Waals surface area contributed by atoms with E-state index in [-0.39, 0.29) is 18.5 Å². The molecule has 1 aliphatic carbocycles. The molecule has 0 radical (unpaired) electrons. The van der Waals surface area contributed by atoms with E-state index >= 15 is 0 Å². The lowest BCUT2D eigenvalue weighted by molar-refractivity contribution is -0.116. The minimum atomic E-state index is -0.443. The van der Waals surface area contributed by atoms with Crippen LogP contribution < -0.4 is 20.1 Å². The number of hydrogen-bond donors (Lipinski definition) is 2. The van der Waals surface area contributed by atoms with Crippen LogP contribution in [0.4, 0.5) is 11.4 Å². The van der Waals surface area contributed by atoms with Crippen LogP contribution >= 0.6 is 0 Å². The van der Waals surface area contributed by atoms with E-state index in [0.717, 1.165) is 6.42 Å². The Labute approximate surface area is 179 Å². The highest BCUT2D eigenvalue weighted by molar-refractivity contribution is 6.14. The lowest BCUT2D eigenvalue weighted by Crippen LogP contribution is -2.17. The summed E-state index contributed by atoms with van der Waals surface area (Å²) in [5.74, 6) is 1.37. The molecular weight excluding hydrogens is 396 g/mol. The fourth-order valence-electron chi connectivity index (χ4n) is 4.33. The molecule has 2 aliphatic rings. The molecule has 0 unspecified atom stereocenters. The Hall–Kier alpha value is -3.48. The molecule has 2 N–H and O–H groups in total. The van der Waals surface area contributed by atoms with Crippen molar-refractivity contribution in [3.63, 3.8) is 0 Å². The zero-order chi connectivity index (χ0) is 21.2. The Kier molecular flexibility index (Phi) is 5.24. The predicted octanol–water partition coefficient (Wildman–Crippen LogP) is 5.32. The normalized spacial score (nSPS) is 15.4. The number of rotatable bonds is 6. The van der Waals surface area contributed by atoms with Crippen molar-refractivity contribution < 1.29 is 23.5 Å². The second kappa shape index (κ2) is 8.34. The molecule has 3 aromatic rings. The monoisotopic (exact) mass is 420 g/mol. The van der Waals surface area contributed by atoms with Crippen LogP contribution in [0, 0.1) is 5.92 Å². The van der Waals surface area contributed by atoms with Crippen molar-refractivity contribution in [2.24, 2.45) is 5.92 Å². The molecule has 0 bridgehead atoms. The third-order valence-electron chi connectivity index (χ3n) is 5.95. The van der Waals surface area contributed by atoms with Gasteiger partial charge in [0.15, 0.2) is 11.5 Å². The van der Waals surface area contributed by atoms with Gasteiger partial charge in [0.2, 0.25) is 18.5 Å². The number of ether oxygens (including phenoxy) is 2. The van der Waals surface area contributed by atoms with E-state index in [1.807, 2.05) is 18.2 Å². The van der Waals surface area contributed by atoms with Crippen molar-refractivity contribution in [1.29, 1.82) is 0 Å². The van der Waals surface area contributed by atoms with E-state index in [1.54, 1.807) is 24.3 Å². The third kappa shape index (κ3) is 4.08. The Morgan fingerprint density at radius 3 is 2.65 bits per heavy atom. The van der Waals surface area contributed by atoms with Crippen LogP contribution in [0.1, 0.15) is 49.1 Å². The van der Waals surface area contributed by atoms with Gasteiger partial charge >= 0.3 is 0 Å². The molecule has 0 spiro atoms. The number of carbonyl (C=O) groups is 2. The van der Waals surface area contributed by atoms with Crippen molar-refractivity contribution >= 4 is 34.2 Å². The van der Waals surface area contributed by atoms with Gasteiger partial charge in [-0.15, -0.1) is 0 Å². The molecule has 5 rings (SSSR count). The van der Waals surface area contributed by atoms with Crippen LogP contribution in [0.25, 0.3) is 11.0 Å². The fraction of sp³-hybridized carbons (Fsp3) is 0.333. The number of para-hydroxylation sites is 1. The number of anilines is 2. The number of amides is 2. The maximum absolute atomic E-state index is 13.0. The molecule has 2 aromatic carbocycles. The van der Waals surface area contributed by atoms with Gasteiger partial charge in [-0.3, -0.25) is 9.59 Å². The molecule has 1 aromatic heterocycles. The van der Waals surface area contributed by atoms with Crippen molar-refractivity contribution in [1.82, 2.24) is 0 Å². The summed E-state index contributed by atoms with van der Waals surface area (Å²) in [7, 11) is 0. The van der Waals surface area contributed by atoms with E-state index in [2.05, 4.69) is 10.6 Å². The summed E-state index contributed by atoms with van der Waals surface area (Å²) in [6, 6.07) is 12.5. The number of nitrogens with one attached hydrogen (secondary N) is 2. The smallest absolute Gasteiger partial charge is 0.293 e. The van der Waals surface area contributed by atoms with Gasteiger partial charge in [0, 0.05) is 23.6 Å². The van der Waals surface area contributed by atoms with Gasteiger partial charge in [0.1, 0.15) is 11.3 Å².